The number of amides is 1. The summed E-state index contributed by atoms with van der Waals surface area (Å²) in [7, 11) is 0. The molecule has 6 heteroatoms. The molecule has 1 amide bonds. The van der Waals surface area contributed by atoms with Gasteiger partial charge < -0.3 is 10.6 Å². The van der Waals surface area contributed by atoms with Crippen LogP contribution in [0.25, 0.3) is 0 Å². The van der Waals surface area contributed by atoms with Gasteiger partial charge >= 0.3 is 0 Å². The maximum absolute atomic E-state index is 12.4. The van der Waals surface area contributed by atoms with Gasteiger partial charge in [0.2, 0.25) is 0 Å². The van der Waals surface area contributed by atoms with Gasteiger partial charge in [-0.3, -0.25) is 4.79 Å². The van der Waals surface area contributed by atoms with Gasteiger partial charge in [0.25, 0.3) is 5.91 Å². The number of halogens is 1. The van der Waals surface area contributed by atoms with Crippen molar-refractivity contribution in [3.05, 3.63) is 16.1 Å². The van der Waals surface area contributed by atoms with Crippen molar-refractivity contribution in [1.29, 1.82) is 0 Å². The first-order chi connectivity index (χ1) is 9.06. The van der Waals surface area contributed by atoms with Crippen LogP contribution in [0, 0.1) is 11.8 Å². The molecule has 3 rings (SSSR count). The van der Waals surface area contributed by atoms with Gasteiger partial charge in [0.05, 0.1) is 5.01 Å². The molecule has 0 bridgehead atoms. The summed E-state index contributed by atoms with van der Waals surface area (Å²) in [6.45, 7) is 5.89. The topological polar surface area (TPSA) is 59.2 Å². The van der Waals surface area contributed by atoms with Crippen molar-refractivity contribution < 1.29 is 4.79 Å². The van der Waals surface area contributed by atoms with Gasteiger partial charge in [-0.15, -0.1) is 23.7 Å². The molecule has 20 heavy (non-hydrogen) atoms. The summed E-state index contributed by atoms with van der Waals surface area (Å²) in [6.07, 6.45) is 2.29. The highest BCUT2D eigenvalue weighted by Crippen LogP contribution is 2.37. The van der Waals surface area contributed by atoms with E-state index < -0.39 is 0 Å². The summed E-state index contributed by atoms with van der Waals surface area (Å²) in [4.78, 5) is 18.9. The van der Waals surface area contributed by atoms with E-state index >= 15 is 0 Å². The van der Waals surface area contributed by atoms with E-state index in [0.29, 0.717) is 23.4 Å². The third-order valence-corrected chi connectivity index (χ3v) is 5.58. The van der Waals surface area contributed by atoms with Crippen LogP contribution >= 0.6 is 23.7 Å². The first kappa shape index (κ1) is 15.7. The van der Waals surface area contributed by atoms with E-state index in [0.717, 1.165) is 24.5 Å². The van der Waals surface area contributed by atoms with Crippen LogP contribution in [0.1, 0.15) is 48.1 Å². The number of thiazole rings is 1. The van der Waals surface area contributed by atoms with E-state index in [4.69, 9.17) is 5.73 Å². The lowest BCUT2D eigenvalue weighted by Crippen LogP contribution is -2.33. The van der Waals surface area contributed by atoms with Gasteiger partial charge in [-0.05, 0) is 24.7 Å². The molecule has 112 valence electrons. The number of aromatic nitrogens is 1. The molecule has 1 aromatic rings. The molecule has 3 unspecified atom stereocenters. The molecule has 2 fully saturated rings. The predicted octanol–water partition coefficient (Wildman–Crippen LogP) is 2.50. The Kier molecular flexibility index (Phi) is 4.72. The van der Waals surface area contributed by atoms with Crippen LogP contribution in [0.2, 0.25) is 0 Å². The maximum Gasteiger partial charge on any atom is 0.273 e. The minimum absolute atomic E-state index is 0. The quantitative estimate of drug-likeness (QED) is 0.912. The Morgan fingerprint density at radius 3 is 2.80 bits per heavy atom. The van der Waals surface area contributed by atoms with Crippen LogP contribution in [0.4, 0.5) is 0 Å². The average Bonchev–Trinajstić information content (AvgIpc) is 3.05. The molecule has 0 aromatic carbocycles. The molecule has 2 N–H and O–H groups in total. The number of hydrogen-bond donors (Lipinski definition) is 1. The van der Waals surface area contributed by atoms with Gasteiger partial charge in [-0.1, -0.05) is 13.8 Å². The largest absolute Gasteiger partial charge is 0.337 e. The third-order valence-electron chi connectivity index (χ3n) is 4.43. The average molecular weight is 316 g/mol. The van der Waals surface area contributed by atoms with E-state index in [2.05, 4.69) is 18.8 Å². The summed E-state index contributed by atoms with van der Waals surface area (Å²) >= 11 is 1.58. The standard InChI is InChI=1S/C14H21N3OS.ClH/c1-8(2)13-16-12(7-19-13)14(18)17-5-9-3-4-11(15)10(9)6-17;/h7-11H,3-6,15H2,1-2H3;1H. The van der Waals surface area contributed by atoms with E-state index in [1.807, 2.05) is 10.3 Å². The third kappa shape index (κ3) is 2.71. The first-order valence-electron chi connectivity index (χ1n) is 7.06. The summed E-state index contributed by atoms with van der Waals surface area (Å²) < 4.78 is 0. The molecule has 3 atom stereocenters. The number of nitrogens with zero attached hydrogens (tertiary/aromatic N) is 2. The number of hydrogen-bond acceptors (Lipinski definition) is 4. The molecule has 1 saturated carbocycles. The highest BCUT2D eigenvalue weighted by molar-refractivity contribution is 7.09. The molecule has 2 heterocycles. The SMILES string of the molecule is CC(C)c1nc(C(=O)N2CC3CCC(N)C3C2)cs1.Cl. The fraction of sp³-hybridized carbons (Fsp3) is 0.714. The zero-order valence-corrected chi connectivity index (χ0v) is 13.5. The van der Waals surface area contributed by atoms with Crippen molar-refractivity contribution in [2.45, 2.75) is 38.6 Å². The van der Waals surface area contributed by atoms with Crippen LogP contribution < -0.4 is 5.73 Å². The second-order valence-corrected chi connectivity index (χ2v) is 6.99. The Morgan fingerprint density at radius 1 is 1.45 bits per heavy atom. The number of nitrogens with two attached hydrogens (primary N) is 1. The van der Waals surface area contributed by atoms with Gasteiger partial charge in [0, 0.05) is 30.4 Å². The molecule has 4 nitrogen and oxygen atoms in total. The molecular weight excluding hydrogens is 294 g/mol. The van der Waals surface area contributed by atoms with Crippen molar-refractivity contribution in [1.82, 2.24) is 9.88 Å². The monoisotopic (exact) mass is 315 g/mol. The fourth-order valence-corrected chi connectivity index (χ4v) is 4.10. The van der Waals surface area contributed by atoms with Crippen molar-refractivity contribution in [2.75, 3.05) is 13.1 Å². The number of likely N-dealkylation sites (tertiary alicyclic amines) is 1. The normalized spacial score (nSPS) is 28.6. The molecule has 0 radical (unpaired) electrons. The Hall–Kier alpha value is -0.650. The molecule has 1 saturated heterocycles. The lowest BCUT2D eigenvalue weighted by molar-refractivity contribution is 0.0774. The maximum atomic E-state index is 12.4. The van der Waals surface area contributed by atoms with Crippen molar-refractivity contribution in [3.8, 4) is 0 Å². The van der Waals surface area contributed by atoms with Crippen LogP contribution in [-0.2, 0) is 0 Å². The number of fused-ring (bicyclic) bond motifs is 1. The van der Waals surface area contributed by atoms with Crippen molar-refractivity contribution in [3.63, 3.8) is 0 Å². The second-order valence-electron chi connectivity index (χ2n) is 6.10. The van der Waals surface area contributed by atoms with E-state index in [-0.39, 0.29) is 24.4 Å². The Labute approximate surface area is 130 Å². The van der Waals surface area contributed by atoms with Gasteiger partial charge in [-0.25, -0.2) is 4.98 Å². The highest BCUT2D eigenvalue weighted by atomic mass is 35.5. The summed E-state index contributed by atoms with van der Waals surface area (Å²) in [6, 6.07) is 0.282. The first-order valence-corrected chi connectivity index (χ1v) is 7.94. The van der Waals surface area contributed by atoms with Gasteiger partial charge in [0.1, 0.15) is 5.69 Å². The lowest BCUT2D eigenvalue weighted by atomic mass is 9.98. The van der Waals surface area contributed by atoms with E-state index in [1.54, 1.807) is 11.3 Å². The van der Waals surface area contributed by atoms with Crippen LogP contribution in [0.15, 0.2) is 5.38 Å². The molecule has 0 spiro atoms. The molecule has 2 aliphatic rings. The number of carbonyl (C=O) groups excluding carboxylic acids is 1. The number of carbonyl (C=O) groups is 1. The van der Waals surface area contributed by atoms with E-state index in [9.17, 15) is 4.79 Å². The fourth-order valence-electron chi connectivity index (χ4n) is 3.29. The summed E-state index contributed by atoms with van der Waals surface area (Å²) in [5, 5.41) is 2.94. The second kappa shape index (κ2) is 6.00. The zero-order valence-electron chi connectivity index (χ0n) is 11.9. The summed E-state index contributed by atoms with van der Waals surface area (Å²) in [5.41, 5.74) is 6.73. The Balaban J connectivity index is 0.00000147. The van der Waals surface area contributed by atoms with Crippen LogP contribution in [0.5, 0.6) is 0 Å². The van der Waals surface area contributed by atoms with E-state index in [1.165, 1.54) is 6.42 Å². The minimum atomic E-state index is 0. The minimum Gasteiger partial charge on any atom is -0.337 e. The molecule has 1 aliphatic heterocycles. The van der Waals surface area contributed by atoms with Crippen molar-refractivity contribution in [2.24, 2.45) is 17.6 Å². The Bertz CT molecular complexity index is 491. The van der Waals surface area contributed by atoms with Crippen LogP contribution in [0.3, 0.4) is 0 Å². The predicted molar refractivity (Wildman–Crippen MR) is 83.5 cm³/mol. The smallest absolute Gasteiger partial charge is 0.273 e. The van der Waals surface area contributed by atoms with Gasteiger partial charge in [0.15, 0.2) is 0 Å². The van der Waals surface area contributed by atoms with Crippen LogP contribution in [-0.4, -0.2) is 34.9 Å². The van der Waals surface area contributed by atoms with Crippen molar-refractivity contribution >= 4 is 29.7 Å². The molecule has 1 aromatic heterocycles. The summed E-state index contributed by atoms with van der Waals surface area (Å²) in [5.74, 6) is 1.59. The zero-order chi connectivity index (χ0) is 13.6. The molecule has 1 aliphatic carbocycles. The Morgan fingerprint density at radius 2 is 2.20 bits per heavy atom. The van der Waals surface area contributed by atoms with Gasteiger partial charge in [-0.2, -0.15) is 0 Å². The highest BCUT2D eigenvalue weighted by Gasteiger charge is 2.42. The lowest BCUT2D eigenvalue weighted by Gasteiger charge is -2.17. The molecular formula is C14H22ClN3OS. The number of rotatable bonds is 2.